The van der Waals surface area contributed by atoms with E-state index in [1.807, 2.05) is 0 Å². The Labute approximate surface area is 90.9 Å². The minimum absolute atomic E-state index is 0.146. The highest BCUT2D eigenvalue weighted by atomic mass is 79.9. The number of carbonyl (C=O) groups excluding carboxylic acids is 1. The zero-order valence-corrected chi connectivity index (χ0v) is 8.69. The SMILES string of the molecule is O=C1N=Cc2cc(C(F)(F)F)c(Br)cc21. The third kappa shape index (κ3) is 1.69. The molecule has 1 amide bonds. The smallest absolute Gasteiger partial charge is 0.267 e. The van der Waals surface area contributed by atoms with Gasteiger partial charge in [-0.05, 0) is 12.1 Å². The Bertz CT molecular complexity index is 479. The first-order chi connectivity index (χ1) is 6.89. The fourth-order valence-electron chi connectivity index (χ4n) is 1.30. The fraction of sp³-hybridized carbons (Fsp3) is 0.111. The van der Waals surface area contributed by atoms with Crippen molar-refractivity contribution in [2.75, 3.05) is 0 Å². The predicted molar refractivity (Wildman–Crippen MR) is 51.1 cm³/mol. The highest BCUT2D eigenvalue weighted by Crippen LogP contribution is 2.37. The van der Waals surface area contributed by atoms with Gasteiger partial charge < -0.3 is 0 Å². The molecule has 1 heterocycles. The van der Waals surface area contributed by atoms with E-state index in [1.54, 1.807) is 0 Å². The highest BCUT2D eigenvalue weighted by Gasteiger charge is 2.34. The van der Waals surface area contributed by atoms with Crippen molar-refractivity contribution in [2.24, 2.45) is 4.99 Å². The van der Waals surface area contributed by atoms with Crippen molar-refractivity contribution in [3.63, 3.8) is 0 Å². The fourth-order valence-corrected chi connectivity index (χ4v) is 1.87. The molecule has 0 unspecified atom stereocenters. The topological polar surface area (TPSA) is 29.4 Å². The van der Waals surface area contributed by atoms with Gasteiger partial charge in [0.15, 0.2) is 0 Å². The number of halogens is 4. The first-order valence-corrected chi connectivity index (χ1v) is 4.68. The van der Waals surface area contributed by atoms with Gasteiger partial charge in [-0.15, -0.1) is 0 Å². The lowest BCUT2D eigenvalue weighted by molar-refractivity contribution is -0.138. The normalized spacial score (nSPS) is 14.5. The van der Waals surface area contributed by atoms with Crippen molar-refractivity contribution in [1.82, 2.24) is 0 Å². The van der Waals surface area contributed by atoms with Crippen molar-refractivity contribution in [3.8, 4) is 0 Å². The number of fused-ring (bicyclic) bond motifs is 1. The van der Waals surface area contributed by atoms with E-state index in [9.17, 15) is 18.0 Å². The molecule has 1 aromatic carbocycles. The molecule has 0 aliphatic carbocycles. The van der Waals surface area contributed by atoms with Crippen molar-refractivity contribution < 1.29 is 18.0 Å². The van der Waals surface area contributed by atoms with Crippen LogP contribution < -0.4 is 0 Å². The van der Waals surface area contributed by atoms with Gasteiger partial charge in [0.2, 0.25) is 0 Å². The minimum atomic E-state index is -4.44. The Hall–Kier alpha value is -1.17. The quantitative estimate of drug-likeness (QED) is 0.717. The van der Waals surface area contributed by atoms with Crippen LogP contribution >= 0.6 is 15.9 Å². The number of amides is 1. The second kappa shape index (κ2) is 3.16. The van der Waals surface area contributed by atoms with Crippen molar-refractivity contribution in [1.29, 1.82) is 0 Å². The van der Waals surface area contributed by atoms with Gasteiger partial charge in [-0.2, -0.15) is 13.2 Å². The maximum absolute atomic E-state index is 12.5. The molecule has 1 aromatic rings. The van der Waals surface area contributed by atoms with Gasteiger partial charge in [0, 0.05) is 16.3 Å². The van der Waals surface area contributed by atoms with Crippen molar-refractivity contribution >= 4 is 28.1 Å². The molecule has 0 aromatic heterocycles. The third-order valence-electron chi connectivity index (χ3n) is 2.00. The van der Waals surface area contributed by atoms with Crippen molar-refractivity contribution in [2.45, 2.75) is 6.18 Å². The van der Waals surface area contributed by atoms with E-state index in [0.29, 0.717) is 0 Å². The summed E-state index contributed by atoms with van der Waals surface area (Å²) in [6.07, 6.45) is -3.30. The monoisotopic (exact) mass is 277 g/mol. The van der Waals surface area contributed by atoms with Crippen LogP contribution in [0.25, 0.3) is 0 Å². The summed E-state index contributed by atoms with van der Waals surface area (Å²) in [6.45, 7) is 0. The van der Waals surface area contributed by atoms with Gasteiger partial charge in [-0.3, -0.25) is 4.79 Å². The maximum atomic E-state index is 12.5. The Balaban J connectivity index is 2.63. The number of aliphatic imine (C=N–C) groups is 1. The summed E-state index contributed by atoms with van der Waals surface area (Å²) >= 11 is 2.79. The lowest BCUT2D eigenvalue weighted by Gasteiger charge is -2.10. The molecule has 0 bridgehead atoms. The Morgan fingerprint density at radius 3 is 2.53 bits per heavy atom. The van der Waals surface area contributed by atoms with Gasteiger partial charge in [-0.25, -0.2) is 4.99 Å². The largest absolute Gasteiger partial charge is 0.417 e. The highest BCUT2D eigenvalue weighted by molar-refractivity contribution is 9.10. The van der Waals surface area contributed by atoms with E-state index in [0.717, 1.165) is 18.3 Å². The number of alkyl halides is 3. The first kappa shape index (κ1) is 10.4. The van der Waals surface area contributed by atoms with Gasteiger partial charge in [0.05, 0.1) is 11.1 Å². The summed E-state index contributed by atoms with van der Waals surface area (Å²) in [5, 5.41) is 0. The number of hydrogen-bond acceptors (Lipinski definition) is 1. The van der Waals surface area contributed by atoms with E-state index < -0.39 is 17.6 Å². The molecule has 0 fully saturated rings. The number of hydrogen-bond donors (Lipinski definition) is 0. The summed E-state index contributed by atoms with van der Waals surface area (Å²) in [6, 6.07) is 2.06. The van der Waals surface area contributed by atoms with Crippen LogP contribution in [0.15, 0.2) is 21.6 Å². The van der Waals surface area contributed by atoms with Crippen LogP contribution in [0.2, 0.25) is 0 Å². The lowest BCUT2D eigenvalue weighted by atomic mass is 10.1. The number of benzene rings is 1. The van der Waals surface area contributed by atoms with Crippen LogP contribution in [0.3, 0.4) is 0 Å². The molecule has 78 valence electrons. The molecular formula is C9H3BrF3NO. The molecule has 0 atom stereocenters. The number of nitrogens with zero attached hydrogens (tertiary/aromatic N) is 1. The second-order valence-corrected chi connectivity index (χ2v) is 3.83. The van der Waals surface area contributed by atoms with E-state index in [-0.39, 0.29) is 15.6 Å². The summed E-state index contributed by atoms with van der Waals surface area (Å²) in [4.78, 5) is 14.5. The van der Waals surface area contributed by atoms with Crippen LogP contribution in [0, 0.1) is 0 Å². The Morgan fingerprint density at radius 2 is 1.93 bits per heavy atom. The summed E-state index contributed by atoms with van der Waals surface area (Å²) in [7, 11) is 0. The Kier molecular flexibility index (Phi) is 2.18. The van der Waals surface area contributed by atoms with E-state index in [4.69, 9.17) is 0 Å². The Morgan fingerprint density at radius 1 is 1.27 bits per heavy atom. The molecule has 0 spiro atoms. The van der Waals surface area contributed by atoms with Gasteiger partial charge in [0.25, 0.3) is 5.91 Å². The van der Waals surface area contributed by atoms with E-state index in [1.165, 1.54) is 0 Å². The molecule has 2 nitrogen and oxygen atoms in total. The molecular weight excluding hydrogens is 275 g/mol. The average molecular weight is 278 g/mol. The molecule has 15 heavy (non-hydrogen) atoms. The minimum Gasteiger partial charge on any atom is -0.267 e. The standard InChI is InChI=1S/C9H3BrF3NO/c10-7-2-5-4(3-14-8(5)15)1-6(7)9(11,12)13/h1-3H. The molecule has 6 heteroatoms. The van der Waals surface area contributed by atoms with Crippen LogP contribution in [0.5, 0.6) is 0 Å². The zero-order chi connectivity index (χ0) is 11.2. The molecule has 0 N–H and O–H groups in total. The zero-order valence-electron chi connectivity index (χ0n) is 7.10. The molecule has 0 radical (unpaired) electrons. The molecule has 1 aliphatic rings. The van der Waals surface area contributed by atoms with Crippen molar-refractivity contribution in [3.05, 3.63) is 33.3 Å². The van der Waals surface area contributed by atoms with Gasteiger partial charge in [-0.1, -0.05) is 15.9 Å². The summed E-state index contributed by atoms with van der Waals surface area (Å²) in [5.74, 6) is -0.514. The van der Waals surface area contributed by atoms with Crippen LogP contribution in [0.4, 0.5) is 13.2 Å². The molecule has 0 saturated carbocycles. The van der Waals surface area contributed by atoms with E-state index >= 15 is 0 Å². The van der Waals surface area contributed by atoms with Gasteiger partial charge >= 0.3 is 6.18 Å². The van der Waals surface area contributed by atoms with Crippen LogP contribution in [0.1, 0.15) is 21.5 Å². The summed E-state index contributed by atoms with van der Waals surface area (Å²) < 4.78 is 37.2. The predicted octanol–water partition coefficient (Wildman–Crippen LogP) is 3.04. The second-order valence-electron chi connectivity index (χ2n) is 2.98. The average Bonchev–Trinajstić information content (AvgIpc) is 2.45. The summed E-state index contributed by atoms with van der Waals surface area (Å²) in [5.41, 5.74) is -0.409. The maximum Gasteiger partial charge on any atom is 0.417 e. The number of carbonyl (C=O) groups is 1. The molecule has 2 rings (SSSR count). The van der Waals surface area contributed by atoms with E-state index in [2.05, 4.69) is 20.9 Å². The first-order valence-electron chi connectivity index (χ1n) is 3.89. The molecule has 1 aliphatic heterocycles. The molecule has 0 saturated heterocycles. The van der Waals surface area contributed by atoms with Gasteiger partial charge in [0.1, 0.15) is 0 Å². The number of rotatable bonds is 0. The third-order valence-corrected chi connectivity index (χ3v) is 2.65. The lowest BCUT2D eigenvalue weighted by Crippen LogP contribution is -2.08. The van der Waals surface area contributed by atoms with Crippen LogP contribution in [-0.2, 0) is 6.18 Å². The van der Waals surface area contributed by atoms with Crippen LogP contribution in [-0.4, -0.2) is 12.1 Å².